The minimum Gasteiger partial charge on any atom is -0.379 e. The van der Waals surface area contributed by atoms with Gasteiger partial charge in [0.25, 0.3) is 11.8 Å². The molecule has 8 amide bonds. The predicted octanol–water partition coefficient (Wildman–Crippen LogP) is -0.182. The lowest BCUT2D eigenvalue weighted by Crippen LogP contribution is -2.59. The molecule has 2 saturated heterocycles. The molecule has 0 saturated carbocycles. The minimum atomic E-state index is -1.18. The van der Waals surface area contributed by atoms with Gasteiger partial charge >= 0.3 is 0 Å². The van der Waals surface area contributed by atoms with Crippen molar-refractivity contribution in [2.75, 3.05) is 41.4 Å². The second kappa shape index (κ2) is 25.4. The van der Waals surface area contributed by atoms with Crippen LogP contribution in [0.1, 0.15) is 98.6 Å². The molecule has 5 rings (SSSR count). The molecule has 2 aromatic carbocycles. The first-order valence-corrected chi connectivity index (χ1v) is 23.8. The molecule has 2 aliphatic heterocycles. The van der Waals surface area contributed by atoms with E-state index in [1.807, 2.05) is 74.5 Å². The molecule has 386 valence electrons. The summed E-state index contributed by atoms with van der Waals surface area (Å²) in [5.41, 5.74) is 1.40. The number of H-pyrrole nitrogens is 1. The van der Waals surface area contributed by atoms with Gasteiger partial charge in [0.2, 0.25) is 35.4 Å². The lowest BCUT2D eigenvalue weighted by atomic mass is 10.1. The van der Waals surface area contributed by atoms with Gasteiger partial charge in [0.1, 0.15) is 29.9 Å². The quantitative estimate of drug-likeness (QED) is 0.0633. The first-order chi connectivity index (χ1) is 33.8. The Kier molecular flexibility index (Phi) is 19.7. The summed E-state index contributed by atoms with van der Waals surface area (Å²) < 4.78 is 11.0. The van der Waals surface area contributed by atoms with E-state index >= 15 is 0 Å². The lowest BCUT2D eigenvalue weighted by Gasteiger charge is -2.32. The number of likely N-dealkylation sites (N-methyl/N-ethyl adjacent to an activating group) is 2. The highest BCUT2D eigenvalue weighted by molar-refractivity contribution is 5.99. The first kappa shape index (κ1) is 55.2. The van der Waals surface area contributed by atoms with Crippen molar-refractivity contribution < 1.29 is 47.8 Å². The van der Waals surface area contributed by atoms with Crippen molar-refractivity contribution in [3.8, 4) is 0 Å². The van der Waals surface area contributed by atoms with Crippen LogP contribution in [0.4, 0.5) is 0 Å². The fraction of sp³-hybridized carbons (Fsp3) is 0.531. The zero-order chi connectivity index (χ0) is 52.1. The molecule has 0 aliphatic carbocycles. The number of likely N-dealkylation sites (tertiary alicyclic amines) is 2. The van der Waals surface area contributed by atoms with Crippen LogP contribution in [-0.2, 0) is 38.2 Å². The van der Waals surface area contributed by atoms with Crippen LogP contribution in [0.25, 0.3) is 0 Å². The maximum atomic E-state index is 14.3. The van der Waals surface area contributed by atoms with E-state index in [-0.39, 0.29) is 37.3 Å². The Morgan fingerprint density at radius 2 is 0.986 bits per heavy atom. The molecule has 3 aromatic rings. The summed E-state index contributed by atoms with van der Waals surface area (Å²) in [6, 6.07) is 11.6. The van der Waals surface area contributed by atoms with Gasteiger partial charge in [0, 0.05) is 45.5 Å². The van der Waals surface area contributed by atoms with E-state index in [1.54, 1.807) is 41.8 Å². The van der Waals surface area contributed by atoms with Crippen LogP contribution in [0.3, 0.4) is 0 Å². The number of rotatable bonds is 22. The maximum absolute atomic E-state index is 14.3. The Morgan fingerprint density at radius 3 is 1.37 bits per heavy atom. The molecule has 0 bridgehead atoms. The van der Waals surface area contributed by atoms with Crippen LogP contribution in [-0.4, -0.2) is 169 Å². The molecule has 2 aliphatic rings. The third-order valence-electron chi connectivity index (χ3n) is 13.3. The van der Waals surface area contributed by atoms with Gasteiger partial charge in [-0.2, -0.15) is 5.10 Å². The van der Waals surface area contributed by atoms with Gasteiger partial charge in [-0.05, 0) is 79.6 Å². The van der Waals surface area contributed by atoms with Crippen molar-refractivity contribution in [2.45, 2.75) is 127 Å². The third-order valence-corrected chi connectivity index (χ3v) is 13.3. The van der Waals surface area contributed by atoms with Crippen LogP contribution in [0.15, 0.2) is 66.7 Å². The molecule has 0 radical (unpaired) electrons. The number of ether oxygens (including phenoxy) is 2. The summed E-state index contributed by atoms with van der Waals surface area (Å²) in [5, 5.41) is 29.5. The second-order valence-electron chi connectivity index (χ2n) is 18.1. The summed E-state index contributed by atoms with van der Waals surface area (Å²) in [6.45, 7) is 9.92. The largest absolute Gasteiger partial charge is 0.379 e. The van der Waals surface area contributed by atoms with Crippen molar-refractivity contribution in [2.24, 2.45) is 0 Å². The standard InChI is InChI=1S/C49H70N12O10/c1-26(32-17-13-11-14-18-32)52-46(66)38-21-34(24-60(38)48(68)40(30(5)70-9)56-42(62)28(3)50-7)54-44(64)36-23-37(59-58-36)45(65)55-35-22-39(47(67)53-27(2)33-19-15-12-16-20-33)61(25-35)49(69)41(31(6)71-10)57-43(63)29(4)51-8/h11-20,23,26-31,34-35,38-41,50-51H,21-22,24-25H2,1-10H3,(H,52,66)(H,53,67)(H,54,64)(H,55,65)(H,56,62)(H,57,63)(H,58,59)/t26-,27-,28+,29+,30-,31-,34+,35+,38+,39+,40+,41?/m1/s1. The Balaban J connectivity index is 1.32. The van der Waals surface area contributed by atoms with Gasteiger partial charge in [-0.1, -0.05) is 60.7 Å². The van der Waals surface area contributed by atoms with Gasteiger partial charge in [-0.3, -0.25) is 43.5 Å². The Bertz CT molecular complexity index is 2180. The zero-order valence-corrected chi connectivity index (χ0v) is 42.0. The number of carbonyl (C=O) groups excluding carboxylic acids is 8. The van der Waals surface area contributed by atoms with E-state index in [1.165, 1.54) is 30.1 Å². The molecule has 71 heavy (non-hydrogen) atoms. The number of hydrogen-bond donors (Lipinski definition) is 9. The fourth-order valence-electron chi connectivity index (χ4n) is 8.42. The van der Waals surface area contributed by atoms with E-state index in [0.717, 1.165) is 11.1 Å². The summed E-state index contributed by atoms with van der Waals surface area (Å²) >= 11 is 0. The van der Waals surface area contributed by atoms with E-state index in [9.17, 15) is 38.4 Å². The number of amides is 8. The van der Waals surface area contributed by atoms with Crippen LogP contribution in [0, 0.1) is 0 Å². The van der Waals surface area contributed by atoms with E-state index < -0.39 is 120 Å². The van der Waals surface area contributed by atoms with E-state index in [0.29, 0.717) is 0 Å². The normalized spacial score (nSPS) is 21.0. The SMILES string of the molecule is CN[C@@H](C)C(=O)NC(C(=O)N1C[C@@H](NC(=O)c2cc(C(=O)N[C@H]3C[C@@H](C(=O)N[C@H](C)c4ccccc4)N(C(=O)[C@@H](NC(=O)[C@H](C)NC)[C@@H](C)OC)C3)n[nH]2)C[C@H]1C(=O)N[C@H](C)c1ccccc1)[C@@H](C)OC. The Morgan fingerprint density at radius 1 is 0.592 bits per heavy atom. The van der Waals surface area contributed by atoms with Gasteiger partial charge < -0.3 is 61.8 Å². The zero-order valence-electron chi connectivity index (χ0n) is 42.0. The molecule has 3 heterocycles. The van der Waals surface area contributed by atoms with Crippen LogP contribution >= 0.6 is 0 Å². The summed E-state index contributed by atoms with van der Waals surface area (Å²) in [7, 11) is 6.01. The molecule has 1 aromatic heterocycles. The lowest BCUT2D eigenvalue weighted by molar-refractivity contribution is -0.144. The third kappa shape index (κ3) is 14.0. The van der Waals surface area contributed by atoms with Crippen molar-refractivity contribution >= 4 is 47.3 Å². The predicted molar refractivity (Wildman–Crippen MR) is 261 cm³/mol. The fourth-order valence-corrected chi connectivity index (χ4v) is 8.42. The second-order valence-corrected chi connectivity index (χ2v) is 18.1. The number of aromatic nitrogens is 2. The smallest absolute Gasteiger partial charge is 0.272 e. The minimum absolute atomic E-state index is 0.00945. The number of hydrogen-bond acceptors (Lipinski definition) is 13. The number of nitrogens with one attached hydrogen (secondary N) is 9. The van der Waals surface area contributed by atoms with E-state index in [2.05, 4.69) is 52.7 Å². The van der Waals surface area contributed by atoms with Gasteiger partial charge in [0.05, 0.1) is 36.4 Å². The van der Waals surface area contributed by atoms with Crippen LogP contribution in [0.2, 0.25) is 0 Å². The van der Waals surface area contributed by atoms with Crippen LogP contribution in [0.5, 0.6) is 0 Å². The number of nitrogens with zero attached hydrogens (tertiary/aromatic N) is 3. The van der Waals surface area contributed by atoms with Crippen molar-refractivity contribution in [3.63, 3.8) is 0 Å². The molecular weight excluding hydrogens is 917 g/mol. The van der Waals surface area contributed by atoms with Crippen LogP contribution < -0.4 is 42.5 Å². The monoisotopic (exact) mass is 987 g/mol. The van der Waals surface area contributed by atoms with Crippen molar-refractivity contribution in [1.82, 2.24) is 62.5 Å². The van der Waals surface area contributed by atoms with Gasteiger partial charge in [-0.15, -0.1) is 0 Å². The molecule has 22 heteroatoms. The molecule has 9 N–H and O–H groups in total. The molecule has 12 atom stereocenters. The molecule has 22 nitrogen and oxygen atoms in total. The molecule has 2 fully saturated rings. The maximum Gasteiger partial charge on any atom is 0.272 e. The van der Waals surface area contributed by atoms with Crippen molar-refractivity contribution in [3.05, 3.63) is 89.2 Å². The number of aromatic amines is 1. The number of methoxy groups -OCH3 is 2. The summed E-state index contributed by atoms with van der Waals surface area (Å²) in [4.78, 5) is 113. The number of carbonyl (C=O) groups is 8. The Labute approximate surface area is 414 Å². The number of benzene rings is 2. The summed E-state index contributed by atoms with van der Waals surface area (Å²) in [5.74, 6) is -4.42. The van der Waals surface area contributed by atoms with Crippen molar-refractivity contribution in [1.29, 1.82) is 0 Å². The Hall–Kier alpha value is -6.75. The van der Waals surface area contributed by atoms with Gasteiger partial charge in [0.15, 0.2) is 5.69 Å². The van der Waals surface area contributed by atoms with E-state index in [4.69, 9.17) is 9.47 Å². The average molecular weight is 987 g/mol. The molecule has 1 unspecified atom stereocenters. The highest BCUT2D eigenvalue weighted by atomic mass is 16.5. The highest BCUT2D eigenvalue weighted by Gasteiger charge is 2.46. The topological polar surface area (TPSA) is 286 Å². The highest BCUT2D eigenvalue weighted by Crippen LogP contribution is 2.25. The average Bonchev–Trinajstić information content (AvgIpc) is 4.16. The van der Waals surface area contributed by atoms with Gasteiger partial charge in [-0.25, -0.2) is 0 Å². The first-order valence-electron chi connectivity index (χ1n) is 23.8. The molecule has 0 spiro atoms. The summed E-state index contributed by atoms with van der Waals surface area (Å²) in [6.07, 6.45) is -1.56. The molecular formula is C49H70N12O10.